The minimum absolute atomic E-state index is 1.58. The molecule has 0 amide bonds. The van der Waals surface area contributed by atoms with Gasteiger partial charge in [-0.25, -0.2) is 0 Å². The molecule has 0 heterocycles. The number of nitrogens with zero attached hydrogens (tertiary/aromatic N) is 1. The number of halogens is 1. The lowest BCUT2D eigenvalue weighted by molar-refractivity contribution is 0.323. The van der Waals surface area contributed by atoms with Crippen LogP contribution >= 0.6 is 11.6 Å². The topological polar surface area (TPSA) is 32.6 Å². The number of rotatable bonds is 0. The molecule has 0 spiro atoms. The van der Waals surface area contributed by atoms with Crippen molar-refractivity contribution < 1.29 is 5.21 Å². The number of hydrogen-bond donors (Lipinski definition) is 1. The molecule has 0 fully saturated rings. The molecular formula is CHClNO. The van der Waals surface area contributed by atoms with Crippen molar-refractivity contribution in [2.75, 3.05) is 0 Å². The lowest BCUT2D eigenvalue weighted by Crippen LogP contribution is -1.43. The minimum atomic E-state index is 1.58. The molecule has 0 aliphatic rings. The number of hydrogen-bond acceptors (Lipinski definition) is 2. The van der Waals surface area contributed by atoms with Gasteiger partial charge < -0.3 is 5.21 Å². The van der Waals surface area contributed by atoms with Crippen molar-refractivity contribution in [3.8, 4) is 0 Å². The van der Waals surface area contributed by atoms with E-state index < -0.39 is 0 Å². The lowest BCUT2D eigenvalue weighted by atomic mass is 11.7. The van der Waals surface area contributed by atoms with Crippen molar-refractivity contribution in [3.05, 3.63) is 0 Å². The zero-order valence-electron chi connectivity index (χ0n) is 1.77. The van der Waals surface area contributed by atoms with Gasteiger partial charge in [0.15, 0.2) is 0 Å². The van der Waals surface area contributed by atoms with Gasteiger partial charge in [-0.05, 0) is 0 Å². The largest absolute Gasteiger partial charge is 0.410 e. The van der Waals surface area contributed by atoms with Crippen LogP contribution in [0.25, 0.3) is 0 Å². The summed E-state index contributed by atoms with van der Waals surface area (Å²) in [6.07, 6.45) is 0. The van der Waals surface area contributed by atoms with Crippen LogP contribution in [0.15, 0.2) is 5.16 Å². The van der Waals surface area contributed by atoms with Crippen LogP contribution in [0.5, 0.6) is 0 Å². The molecule has 2 nitrogen and oxygen atoms in total. The molecule has 1 N–H and O–H groups in total. The summed E-state index contributed by atoms with van der Waals surface area (Å²) in [5.41, 5.74) is 1.58. The summed E-state index contributed by atoms with van der Waals surface area (Å²) in [7, 11) is 0. The Bertz CT molecular complexity index is 23.2. The molecule has 0 rings (SSSR count). The molecule has 23 valence electrons. The maximum absolute atomic E-state index is 7.26. The first-order valence-corrected chi connectivity index (χ1v) is 0.991. The molecule has 0 bridgehead atoms. The van der Waals surface area contributed by atoms with E-state index in [1.165, 1.54) is 0 Å². The van der Waals surface area contributed by atoms with Crippen LogP contribution in [0.3, 0.4) is 0 Å². The quantitative estimate of drug-likeness (QED) is 0.256. The Balaban J connectivity index is 2.55. The maximum Gasteiger partial charge on any atom is 0.208 e. The second-order valence-corrected chi connectivity index (χ2v) is 0.354. The van der Waals surface area contributed by atoms with E-state index in [0.717, 1.165) is 0 Å². The summed E-state index contributed by atoms with van der Waals surface area (Å²) in [6, 6.07) is 0. The average Bonchev–Trinajstić information content (AvgIpc) is 1.37. The van der Waals surface area contributed by atoms with Crippen LogP contribution in [0, 0.1) is 0 Å². The van der Waals surface area contributed by atoms with Crippen LogP contribution in [-0.2, 0) is 0 Å². The molecule has 0 aromatic heterocycles. The molecule has 4 heavy (non-hydrogen) atoms. The van der Waals surface area contributed by atoms with Crippen LogP contribution in [0.4, 0.5) is 0 Å². The van der Waals surface area contributed by atoms with Gasteiger partial charge >= 0.3 is 0 Å². The summed E-state index contributed by atoms with van der Waals surface area (Å²) in [6.45, 7) is 0. The molecule has 0 aromatic rings. The van der Waals surface area contributed by atoms with Gasteiger partial charge in [-0.3, -0.25) is 0 Å². The van der Waals surface area contributed by atoms with Gasteiger partial charge in [0, 0.05) is 0 Å². The van der Waals surface area contributed by atoms with Crippen LogP contribution in [0.2, 0.25) is 0 Å². The molecule has 0 atom stereocenters. The van der Waals surface area contributed by atoms with Crippen LogP contribution in [0.1, 0.15) is 0 Å². The fraction of sp³-hybridized carbons (Fsp3) is 0. The van der Waals surface area contributed by atoms with E-state index in [4.69, 9.17) is 5.21 Å². The minimum Gasteiger partial charge on any atom is -0.410 e. The van der Waals surface area contributed by atoms with Gasteiger partial charge in [0.2, 0.25) is 5.67 Å². The van der Waals surface area contributed by atoms with Gasteiger partial charge in [-0.15, -0.1) is 0 Å². The third-order valence-corrected chi connectivity index (χ3v) is 0.113. The summed E-state index contributed by atoms with van der Waals surface area (Å²) >= 11 is 4.52. The predicted octanol–water partition coefficient (Wildman–Crippen LogP) is 0.520. The Morgan fingerprint density at radius 2 is 2.25 bits per heavy atom. The predicted molar refractivity (Wildman–Crippen MR) is 15.1 cm³/mol. The zero-order chi connectivity index (χ0) is 3.41. The van der Waals surface area contributed by atoms with Gasteiger partial charge in [0.1, 0.15) is 0 Å². The fourth-order valence-corrected chi connectivity index (χ4v) is 0. The lowest BCUT2D eigenvalue weighted by Gasteiger charge is -1.49. The molecule has 0 saturated carbocycles. The van der Waals surface area contributed by atoms with Crippen molar-refractivity contribution in [2.45, 2.75) is 0 Å². The highest BCUT2D eigenvalue weighted by Crippen LogP contribution is 1.53. The van der Waals surface area contributed by atoms with Gasteiger partial charge in [0.25, 0.3) is 0 Å². The van der Waals surface area contributed by atoms with Gasteiger partial charge in [-0.1, -0.05) is 16.8 Å². The highest BCUT2D eigenvalue weighted by atomic mass is 35.5. The van der Waals surface area contributed by atoms with Crippen molar-refractivity contribution in [1.82, 2.24) is 0 Å². The second-order valence-electron chi connectivity index (χ2n) is 0.185. The first-order valence-electron chi connectivity index (χ1n) is 0.613. The normalized spacial score (nSPS) is 9.25. The Kier molecular flexibility index (Phi) is 2.59. The van der Waals surface area contributed by atoms with E-state index >= 15 is 0 Å². The smallest absolute Gasteiger partial charge is 0.208 e. The summed E-state index contributed by atoms with van der Waals surface area (Å²) in [5.74, 6) is 0. The van der Waals surface area contributed by atoms with Crippen molar-refractivity contribution in [1.29, 1.82) is 0 Å². The second kappa shape index (κ2) is 2.76. The first-order chi connectivity index (χ1) is 1.91. The van der Waals surface area contributed by atoms with Gasteiger partial charge in [0.05, 0.1) is 0 Å². The van der Waals surface area contributed by atoms with Crippen molar-refractivity contribution in [3.63, 3.8) is 0 Å². The Morgan fingerprint density at radius 1 is 2.00 bits per heavy atom. The summed E-state index contributed by atoms with van der Waals surface area (Å²) < 4.78 is 0. The summed E-state index contributed by atoms with van der Waals surface area (Å²) in [4.78, 5) is 0. The highest BCUT2D eigenvalue weighted by Gasteiger charge is 1.42. The third kappa shape index (κ3) is 1.76. The molecule has 0 unspecified atom stereocenters. The van der Waals surface area contributed by atoms with E-state index in [9.17, 15) is 0 Å². The summed E-state index contributed by atoms with van der Waals surface area (Å²) in [5, 5.41) is 9.51. The van der Waals surface area contributed by atoms with Gasteiger partial charge in [-0.2, -0.15) is 0 Å². The van der Waals surface area contributed by atoms with Crippen LogP contribution in [-0.4, -0.2) is 10.9 Å². The van der Waals surface area contributed by atoms with Crippen molar-refractivity contribution in [2.24, 2.45) is 5.16 Å². The highest BCUT2D eigenvalue weighted by molar-refractivity contribution is 6.56. The Hall–Kier alpha value is -0.240. The van der Waals surface area contributed by atoms with Crippen LogP contribution < -0.4 is 0 Å². The first kappa shape index (κ1) is 3.76. The van der Waals surface area contributed by atoms with E-state index in [1.807, 2.05) is 0 Å². The molecule has 0 aliphatic carbocycles. The average molecular weight is 78.5 g/mol. The molecule has 0 aromatic carbocycles. The maximum atomic E-state index is 7.26. The standard InChI is InChI=1S/CHClNO/c2-1-3-4/h4H. The fourth-order valence-electron chi connectivity index (χ4n) is 0. The van der Waals surface area contributed by atoms with E-state index in [1.54, 1.807) is 5.67 Å². The molecular weight excluding hydrogens is 77.5 g/mol. The SMILES string of the molecule is ON=[C]Cl. The molecule has 0 aliphatic heterocycles. The Labute approximate surface area is 28.7 Å². The molecule has 1 radical (unpaired) electrons. The van der Waals surface area contributed by atoms with E-state index in [-0.39, 0.29) is 0 Å². The molecule has 0 saturated heterocycles. The zero-order valence-corrected chi connectivity index (χ0v) is 2.53. The molecule has 3 heteroatoms. The third-order valence-electron chi connectivity index (χ3n) is 0.0378. The van der Waals surface area contributed by atoms with E-state index in [2.05, 4.69) is 16.8 Å². The monoisotopic (exact) mass is 78.0 g/mol. The van der Waals surface area contributed by atoms with E-state index in [0.29, 0.717) is 0 Å². The Morgan fingerprint density at radius 3 is 2.25 bits per heavy atom. The van der Waals surface area contributed by atoms with Crippen molar-refractivity contribution >= 4 is 17.3 Å².